The topological polar surface area (TPSA) is 150 Å². The minimum absolute atomic E-state index is 0.141. The van der Waals surface area contributed by atoms with Crippen molar-refractivity contribution < 1.29 is 19.1 Å². The number of aryl methyl sites for hydroxylation is 1. The predicted molar refractivity (Wildman–Crippen MR) is 183 cm³/mol. The van der Waals surface area contributed by atoms with E-state index >= 15 is 0 Å². The van der Waals surface area contributed by atoms with Crippen molar-refractivity contribution in [2.45, 2.75) is 58.5 Å². The zero-order valence-corrected chi connectivity index (χ0v) is 28.4. The Balaban J connectivity index is 1.13. The summed E-state index contributed by atoms with van der Waals surface area (Å²) in [5.74, 6) is 0.248. The molecule has 14 heteroatoms. The van der Waals surface area contributed by atoms with Crippen LogP contribution < -0.4 is 5.32 Å². The predicted octanol–water partition coefficient (Wildman–Crippen LogP) is 4.60. The molecule has 1 aromatic carbocycles. The number of rotatable bonds is 4. The molecular formula is C35H32BrN9O4. The standard InChI is InChI=1S/C35H32BrN9O4/c1-20(46)32-26-12-22(24-15-37-21(2)38-16-24)5-7-27(26)44(42-32)17-31(47)45-28-13-35(14-29(35)45)19-43-10-9-25(41-43)4-3-11-49-18-23-6-8-30(36)39-33(23)40-34(28)48/h3-10,12,15-16,28-29H,11,13-14,17-19H2,1-2H3,(H,39,40,48)/b4-3+/t28-,29+,35-/m0/s1. The lowest BCUT2D eigenvalue weighted by molar-refractivity contribution is -0.138. The van der Waals surface area contributed by atoms with Gasteiger partial charge < -0.3 is 15.0 Å². The molecule has 1 aliphatic carbocycles. The van der Waals surface area contributed by atoms with E-state index in [9.17, 15) is 14.4 Å². The number of nitrogens with one attached hydrogen (secondary N) is 1. The lowest BCUT2D eigenvalue weighted by atomic mass is 9.99. The van der Waals surface area contributed by atoms with Crippen LogP contribution in [0.5, 0.6) is 0 Å². The molecule has 0 unspecified atom stereocenters. The van der Waals surface area contributed by atoms with Crippen molar-refractivity contribution in [1.29, 1.82) is 0 Å². The van der Waals surface area contributed by atoms with Crippen LogP contribution in [0, 0.1) is 12.3 Å². The highest BCUT2D eigenvalue weighted by Gasteiger charge is 2.67. The van der Waals surface area contributed by atoms with Crippen molar-refractivity contribution in [1.82, 2.24) is 39.4 Å². The van der Waals surface area contributed by atoms with Crippen LogP contribution in [0.3, 0.4) is 0 Å². The van der Waals surface area contributed by atoms with Crippen molar-refractivity contribution in [3.05, 3.63) is 88.4 Å². The van der Waals surface area contributed by atoms with Gasteiger partial charge in [-0.3, -0.25) is 23.7 Å². The van der Waals surface area contributed by atoms with E-state index in [2.05, 4.69) is 41.3 Å². The Morgan fingerprint density at radius 2 is 1.92 bits per heavy atom. The molecule has 49 heavy (non-hydrogen) atoms. The van der Waals surface area contributed by atoms with E-state index in [1.807, 2.05) is 60.3 Å². The van der Waals surface area contributed by atoms with Gasteiger partial charge in [0.15, 0.2) is 5.78 Å². The van der Waals surface area contributed by atoms with Crippen molar-refractivity contribution in [2.24, 2.45) is 5.41 Å². The first-order valence-electron chi connectivity index (χ1n) is 16.0. The number of Topliss-reactive ketones (excluding diaryl/α,β-unsaturated/α-hetero) is 1. The fraction of sp³-hybridized carbons (Fsp3) is 0.314. The summed E-state index contributed by atoms with van der Waals surface area (Å²) in [6.07, 6.45) is 10.4. The van der Waals surface area contributed by atoms with Gasteiger partial charge in [0.25, 0.3) is 0 Å². The number of benzene rings is 1. The quantitative estimate of drug-likeness (QED) is 0.208. The molecule has 2 aliphatic heterocycles. The van der Waals surface area contributed by atoms with E-state index in [1.165, 1.54) is 6.92 Å². The van der Waals surface area contributed by atoms with E-state index in [0.29, 0.717) is 52.3 Å². The van der Waals surface area contributed by atoms with Gasteiger partial charge in [-0.25, -0.2) is 15.0 Å². The van der Waals surface area contributed by atoms with Gasteiger partial charge in [0.2, 0.25) is 11.8 Å². The fourth-order valence-corrected chi connectivity index (χ4v) is 7.41. The number of piperidine rings is 1. The Labute approximate surface area is 289 Å². The van der Waals surface area contributed by atoms with Crippen molar-refractivity contribution in [3.63, 3.8) is 0 Å². The normalized spacial score (nSPS) is 22.3. The average Bonchev–Trinajstić information content (AvgIpc) is 3.34. The number of fused-ring (bicyclic) bond motifs is 5. The maximum Gasteiger partial charge on any atom is 0.248 e. The molecule has 5 aromatic rings. The Kier molecular flexibility index (Phi) is 7.71. The van der Waals surface area contributed by atoms with Gasteiger partial charge in [-0.1, -0.05) is 18.2 Å². The average molecular weight is 723 g/mol. The number of hydrogen-bond donors (Lipinski definition) is 1. The molecule has 4 bridgehead atoms. The molecule has 8 rings (SSSR count). The molecule has 248 valence electrons. The van der Waals surface area contributed by atoms with Gasteiger partial charge in [0.05, 0.1) is 24.4 Å². The van der Waals surface area contributed by atoms with Gasteiger partial charge in [-0.15, -0.1) is 0 Å². The van der Waals surface area contributed by atoms with Crippen LogP contribution in [-0.4, -0.2) is 75.7 Å². The second-order valence-electron chi connectivity index (χ2n) is 12.9. The van der Waals surface area contributed by atoms with E-state index in [-0.39, 0.29) is 47.9 Å². The summed E-state index contributed by atoms with van der Waals surface area (Å²) in [5, 5.41) is 13.0. The molecule has 3 atom stereocenters. The van der Waals surface area contributed by atoms with Crippen LogP contribution in [0.2, 0.25) is 0 Å². The highest BCUT2D eigenvalue weighted by molar-refractivity contribution is 9.10. The third kappa shape index (κ3) is 5.84. The van der Waals surface area contributed by atoms with Gasteiger partial charge in [0, 0.05) is 60.0 Å². The fourth-order valence-electron chi connectivity index (χ4n) is 7.10. The number of halogens is 1. The summed E-state index contributed by atoms with van der Waals surface area (Å²) in [7, 11) is 0. The van der Waals surface area contributed by atoms with Crippen LogP contribution in [0.4, 0.5) is 5.82 Å². The number of ketones is 1. The maximum absolute atomic E-state index is 14.3. The first kappa shape index (κ1) is 31.2. The number of carbonyl (C=O) groups excluding carboxylic acids is 3. The van der Waals surface area contributed by atoms with Crippen LogP contribution in [0.25, 0.3) is 28.1 Å². The van der Waals surface area contributed by atoms with Crippen molar-refractivity contribution in [2.75, 3.05) is 11.9 Å². The molecule has 1 saturated heterocycles. The maximum atomic E-state index is 14.3. The molecule has 4 aromatic heterocycles. The monoisotopic (exact) mass is 721 g/mol. The Hall–Kier alpha value is -5.08. The minimum Gasteiger partial charge on any atom is -0.373 e. The lowest BCUT2D eigenvalue weighted by Crippen LogP contribution is -2.47. The second-order valence-corrected chi connectivity index (χ2v) is 13.7. The number of likely N-dealkylation sites (tertiary alicyclic amines) is 1. The number of ether oxygens (including phenoxy) is 1. The molecule has 2 fully saturated rings. The smallest absolute Gasteiger partial charge is 0.248 e. The first-order chi connectivity index (χ1) is 23.7. The van der Waals surface area contributed by atoms with Crippen LogP contribution in [-0.2, 0) is 34.0 Å². The van der Waals surface area contributed by atoms with E-state index in [0.717, 1.165) is 23.2 Å². The Bertz CT molecular complexity index is 2180. The number of nitrogens with zero attached hydrogens (tertiary/aromatic N) is 8. The van der Waals surface area contributed by atoms with E-state index < -0.39 is 6.04 Å². The molecule has 0 radical (unpaired) electrons. The number of anilines is 1. The summed E-state index contributed by atoms with van der Waals surface area (Å²) in [6, 6.07) is 10.3. The number of amides is 2. The molecule has 1 spiro atoms. The molecule has 13 nitrogen and oxygen atoms in total. The molecule has 1 saturated carbocycles. The summed E-state index contributed by atoms with van der Waals surface area (Å²) >= 11 is 3.42. The number of aromatic nitrogens is 7. The zero-order chi connectivity index (χ0) is 33.9. The van der Waals surface area contributed by atoms with Gasteiger partial charge in [-0.2, -0.15) is 10.2 Å². The lowest BCUT2D eigenvalue weighted by Gasteiger charge is -2.27. The Morgan fingerprint density at radius 1 is 1.08 bits per heavy atom. The largest absolute Gasteiger partial charge is 0.373 e. The van der Waals surface area contributed by atoms with Crippen molar-refractivity contribution >= 4 is 56.3 Å². The zero-order valence-electron chi connectivity index (χ0n) is 26.8. The summed E-state index contributed by atoms with van der Waals surface area (Å²) < 4.78 is 9.87. The van der Waals surface area contributed by atoms with Crippen molar-refractivity contribution in [3.8, 4) is 11.1 Å². The van der Waals surface area contributed by atoms with E-state index in [1.54, 1.807) is 28.0 Å². The first-order valence-corrected chi connectivity index (χ1v) is 16.8. The second kappa shape index (κ2) is 12.1. The highest BCUT2D eigenvalue weighted by Crippen LogP contribution is 2.60. The Morgan fingerprint density at radius 3 is 2.73 bits per heavy atom. The van der Waals surface area contributed by atoms with Crippen LogP contribution in [0.1, 0.15) is 47.3 Å². The van der Waals surface area contributed by atoms with E-state index in [4.69, 9.17) is 9.84 Å². The molecule has 2 amide bonds. The minimum atomic E-state index is -0.745. The number of pyridine rings is 1. The molecule has 1 N–H and O–H groups in total. The molecule has 3 aliphatic rings. The third-order valence-electron chi connectivity index (χ3n) is 9.58. The number of hydrogen-bond acceptors (Lipinski definition) is 9. The summed E-state index contributed by atoms with van der Waals surface area (Å²) in [6.45, 7) is 4.30. The summed E-state index contributed by atoms with van der Waals surface area (Å²) in [5.41, 5.74) is 3.76. The van der Waals surface area contributed by atoms with Gasteiger partial charge in [0.1, 0.15) is 34.5 Å². The SMILES string of the molecule is CC(=O)c1nn(CC(=O)N2[C@H]3C[C@]4(C[C@@H]24)Cn2ccc(n2)/C=C/COCc2ccc(Br)nc2NC3=O)c2ccc(-c3cnc(C)nc3)cc12. The highest BCUT2D eigenvalue weighted by atomic mass is 79.9. The van der Waals surface area contributed by atoms with Gasteiger partial charge in [-0.05, 0) is 71.6 Å². The number of carbonyl (C=O) groups is 3. The molecule has 6 heterocycles. The third-order valence-corrected chi connectivity index (χ3v) is 10.0. The van der Waals surface area contributed by atoms with Crippen LogP contribution >= 0.6 is 15.9 Å². The summed E-state index contributed by atoms with van der Waals surface area (Å²) in [4.78, 5) is 56.0. The molecular weight excluding hydrogens is 690 g/mol. The van der Waals surface area contributed by atoms with Crippen LogP contribution in [0.15, 0.2) is 65.7 Å². The van der Waals surface area contributed by atoms with Gasteiger partial charge >= 0.3 is 0 Å².